The van der Waals surface area contributed by atoms with Crippen molar-refractivity contribution in [2.75, 3.05) is 5.75 Å². The zero-order valence-electron chi connectivity index (χ0n) is 10.3. The molecular formula is C11H25NO3S. The average molecular weight is 251 g/mol. The quantitative estimate of drug-likeness (QED) is 0.453. The van der Waals surface area contributed by atoms with E-state index in [2.05, 4.69) is 17.1 Å². The number of hydrogen-bond acceptors (Lipinski definition) is 4. The molecule has 98 valence electrons. The first-order valence-corrected chi connectivity index (χ1v) is 7.81. The number of nitrogens with two attached hydrogens (primary N) is 1. The van der Waals surface area contributed by atoms with Crippen LogP contribution >= 0.6 is 0 Å². The van der Waals surface area contributed by atoms with Crippen molar-refractivity contribution < 1.29 is 12.7 Å². The molecule has 2 N–H and O–H groups in total. The first-order valence-electron chi connectivity index (χ1n) is 6.23. The molecule has 0 spiro atoms. The predicted molar refractivity (Wildman–Crippen MR) is 66.3 cm³/mol. The summed E-state index contributed by atoms with van der Waals surface area (Å²) in [6.45, 7) is 2.21. The van der Waals surface area contributed by atoms with Crippen LogP contribution in [-0.4, -0.2) is 14.2 Å². The first kappa shape index (κ1) is 15.9. The van der Waals surface area contributed by atoms with Gasteiger partial charge in [-0.3, -0.25) is 0 Å². The van der Waals surface area contributed by atoms with E-state index in [0.29, 0.717) is 6.42 Å². The second-order valence-corrected chi connectivity index (χ2v) is 5.90. The van der Waals surface area contributed by atoms with Crippen molar-refractivity contribution in [3.05, 3.63) is 0 Å². The van der Waals surface area contributed by atoms with Gasteiger partial charge in [-0.05, 0) is 6.42 Å². The fourth-order valence-corrected chi connectivity index (χ4v) is 2.29. The standard InChI is InChI=1S/C11H25NO3S/c1-2-3-4-5-6-7-8-9-10-11-16(13,14)15-12/h2-12H2,1H3. The first-order chi connectivity index (χ1) is 7.62. The molecule has 5 heteroatoms. The van der Waals surface area contributed by atoms with E-state index in [0.717, 1.165) is 12.8 Å². The molecule has 16 heavy (non-hydrogen) atoms. The van der Waals surface area contributed by atoms with Crippen LogP contribution in [0.4, 0.5) is 0 Å². The van der Waals surface area contributed by atoms with Crippen molar-refractivity contribution in [3.8, 4) is 0 Å². The van der Waals surface area contributed by atoms with Crippen molar-refractivity contribution >= 4 is 10.1 Å². The second-order valence-electron chi connectivity index (χ2n) is 4.19. The summed E-state index contributed by atoms with van der Waals surface area (Å²) >= 11 is 0. The van der Waals surface area contributed by atoms with E-state index in [1.54, 1.807) is 0 Å². The Morgan fingerprint density at radius 2 is 1.31 bits per heavy atom. The van der Waals surface area contributed by atoms with Crippen molar-refractivity contribution in [2.45, 2.75) is 64.7 Å². The highest BCUT2D eigenvalue weighted by molar-refractivity contribution is 7.86. The van der Waals surface area contributed by atoms with Crippen molar-refractivity contribution in [1.29, 1.82) is 0 Å². The monoisotopic (exact) mass is 251 g/mol. The van der Waals surface area contributed by atoms with Crippen LogP contribution in [0.25, 0.3) is 0 Å². The van der Waals surface area contributed by atoms with Gasteiger partial charge in [-0.15, -0.1) is 0 Å². The molecule has 0 aliphatic rings. The number of hydrogen-bond donors (Lipinski definition) is 1. The highest BCUT2D eigenvalue weighted by atomic mass is 32.2. The Morgan fingerprint density at radius 1 is 0.875 bits per heavy atom. The summed E-state index contributed by atoms with van der Waals surface area (Å²) in [6.07, 6.45) is 10.4. The van der Waals surface area contributed by atoms with Gasteiger partial charge in [0, 0.05) is 0 Å². The summed E-state index contributed by atoms with van der Waals surface area (Å²) in [4.78, 5) is 0. The lowest BCUT2D eigenvalue weighted by Gasteiger charge is -2.02. The number of unbranched alkanes of at least 4 members (excludes halogenated alkanes) is 8. The Hall–Kier alpha value is -0.130. The lowest BCUT2D eigenvalue weighted by molar-refractivity contribution is 0.332. The molecular weight excluding hydrogens is 226 g/mol. The highest BCUT2D eigenvalue weighted by Gasteiger charge is 2.07. The molecule has 0 aliphatic carbocycles. The van der Waals surface area contributed by atoms with Crippen LogP contribution in [0.1, 0.15) is 64.7 Å². The molecule has 0 heterocycles. The topological polar surface area (TPSA) is 69.4 Å². The predicted octanol–water partition coefficient (Wildman–Crippen LogP) is 2.74. The molecule has 4 nitrogen and oxygen atoms in total. The fraction of sp³-hybridized carbons (Fsp3) is 1.00. The fourth-order valence-electron chi connectivity index (χ4n) is 1.64. The van der Waals surface area contributed by atoms with Crippen LogP contribution in [0.5, 0.6) is 0 Å². The Labute approximate surface area is 99.6 Å². The van der Waals surface area contributed by atoms with Gasteiger partial charge >= 0.3 is 0 Å². The van der Waals surface area contributed by atoms with Crippen molar-refractivity contribution in [2.24, 2.45) is 5.90 Å². The van der Waals surface area contributed by atoms with Crippen LogP contribution in [0.3, 0.4) is 0 Å². The van der Waals surface area contributed by atoms with Gasteiger partial charge in [0.25, 0.3) is 10.1 Å². The largest absolute Gasteiger partial charge is 0.283 e. The maximum Gasteiger partial charge on any atom is 0.283 e. The van der Waals surface area contributed by atoms with Gasteiger partial charge in [-0.25, -0.2) is 0 Å². The zero-order valence-corrected chi connectivity index (χ0v) is 11.1. The maximum absolute atomic E-state index is 10.9. The third kappa shape index (κ3) is 10.4. The van der Waals surface area contributed by atoms with Gasteiger partial charge in [0.2, 0.25) is 0 Å². The third-order valence-corrected chi connectivity index (χ3v) is 3.73. The van der Waals surface area contributed by atoms with Crippen LogP contribution in [0.15, 0.2) is 0 Å². The molecule has 0 aromatic rings. The molecule has 0 atom stereocenters. The van der Waals surface area contributed by atoms with E-state index in [1.165, 1.54) is 38.5 Å². The van der Waals surface area contributed by atoms with Crippen LogP contribution < -0.4 is 5.90 Å². The minimum absolute atomic E-state index is 0.0410. The molecule has 0 aromatic carbocycles. The van der Waals surface area contributed by atoms with E-state index in [9.17, 15) is 8.42 Å². The Morgan fingerprint density at radius 3 is 1.75 bits per heavy atom. The summed E-state index contributed by atoms with van der Waals surface area (Å²) in [5.41, 5.74) is 0. The highest BCUT2D eigenvalue weighted by Crippen LogP contribution is 2.10. The SMILES string of the molecule is CCCCCCCCCCCS(=O)(=O)ON. The van der Waals surface area contributed by atoms with Crippen molar-refractivity contribution in [3.63, 3.8) is 0 Å². The maximum atomic E-state index is 10.9. The van der Waals surface area contributed by atoms with E-state index in [4.69, 9.17) is 0 Å². The van der Waals surface area contributed by atoms with Gasteiger partial charge < -0.3 is 0 Å². The van der Waals surface area contributed by atoms with Gasteiger partial charge in [0.05, 0.1) is 5.75 Å². The van der Waals surface area contributed by atoms with Crippen LogP contribution in [0.2, 0.25) is 0 Å². The Balaban J connectivity index is 3.16. The average Bonchev–Trinajstić information content (AvgIpc) is 2.27. The smallest absolute Gasteiger partial charge is 0.198 e. The summed E-state index contributed by atoms with van der Waals surface area (Å²) in [6, 6.07) is 0. The minimum Gasteiger partial charge on any atom is -0.198 e. The Bertz CT molecular complexity index is 240. The van der Waals surface area contributed by atoms with Gasteiger partial charge in [-0.2, -0.15) is 18.6 Å². The van der Waals surface area contributed by atoms with E-state index in [-0.39, 0.29) is 5.75 Å². The van der Waals surface area contributed by atoms with Gasteiger partial charge in [0.15, 0.2) is 0 Å². The lowest BCUT2D eigenvalue weighted by atomic mass is 10.1. The minimum atomic E-state index is -3.45. The molecule has 0 saturated heterocycles. The van der Waals surface area contributed by atoms with E-state index < -0.39 is 10.1 Å². The molecule has 0 radical (unpaired) electrons. The molecule has 0 amide bonds. The lowest BCUT2D eigenvalue weighted by Crippen LogP contribution is -2.14. The van der Waals surface area contributed by atoms with Crippen LogP contribution in [-0.2, 0) is 14.4 Å². The number of rotatable bonds is 11. The summed E-state index contributed by atoms with van der Waals surface area (Å²) in [7, 11) is -3.45. The molecule has 0 saturated carbocycles. The second kappa shape index (κ2) is 10.1. The third-order valence-electron chi connectivity index (χ3n) is 2.64. The summed E-state index contributed by atoms with van der Waals surface area (Å²) in [5.74, 6) is 4.67. The molecule has 0 fully saturated rings. The normalized spacial score (nSPS) is 11.9. The van der Waals surface area contributed by atoms with E-state index in [1.807, 2.05) is 0 Å². The molecule has 0 unspecified atom stereocenters. The Kier molecular flexibility index (Phi) is 9.97. The molecule has 0 rings (SSSR count). The van der Waals surface area contributed by atoms with Crippen LogP contribution in [0, 0.1) is 0 Å². The van der Waals surface area contributed by atoms with Gasteiger partial charge in [0.1, 0.15) is 0 Å². The molecule has 0 aromatic heterocycles. The van der Waals surface area contributed by atoms with Crippen molar-refractivity contribution in [1.82, 2.24) is 0 Å². The summed E-state index contributed by atoms with van der Waals surface area (Å²) in [5, 5.41) is 0. The zero-order chi connectivity index (χ0) is 12.3. The molecule has 0 aliphatic heterocycles. The summed E-state index contributed by atoms with van der Waals surface area (Å²) < 4.78 is 25.6. The van der Waals surface area contributed by atoms with Gasteiger partial charge in [-0.1, -0.05) is 58.3 Å². The van der Waals surface area contributed by atoms with E-state index >= 15 is 0 Å². The molecule has 0 bridgehead atoms.